The predicted octanol–water partition coefficient (Wildman–Crippen LogP) is 1.74. The van der Waals surface area contributed by atoms with Crippen LogP contribution in [0.25, 0.3) is 0 Å². The zero-order valence-electron chi connectivity index (χ0n) is 13.9. The number of ether oxygens (including phenoxy) is 2. The van der Waals surface area contributed by atoms with Crippen LogP contribution in [0.4, 0.5) is 4.79 Å². The van der Waals surface area contributed by atoms with Crippen LogP contribution in [0.2, 0.25) is 0 Å². The molecule has 2 heterocycles. The quantitative estimate of drug-likeness (QED) is 0.796. The van der Waals surface area contributed by atoms with Crippen molar-refractivity contribution in [2.24, 2.45) is 11.8 Å². The van der Waals surface area contributed by atoms with Crippen LogP contribution in [0.5, 0.6) is 0 Å². The molecule has 2 rings (SSSR count). The summed E-state index contributed by atoms with van der Waals surface area (Å²) >= 11 is 0. The lowest BCUT2D eigenvalue weighted by atomic mass is 10.0. The number of carbonyl (C=O) groups is 2. The predicted molar refractivity (Wildman–Crippen MR) is 82.5 cm³/mol. The van der Waals surface area contributed by atoms with Gasteiger partial charge in [0.25, 0.3) is 0 Å². The SMILES string of the molecule is CC(C)COC(=O)N1CCCN(C(=O)[C@H]2CCO[C@@H]2C)CC1. The van der Waals surface area contributed by atoms with Gasteiger partial charge in [0.15, 0.2) is 0 Å². The maximum atomic E-state index is 12.6. The molecule has 2 saturated heterocycles. The van der Waals surface area contributed by atoms with Gasteiger partial charge in [0.2, 0.25) is 5.91 Å². The Morgan fingerprint density at radius 2 is 1.86 bits per heavy atom. The summed E-state index contributed by atoms with van der Waals surface area (Å²) in [5, 5.41) is 0. The van der Waals surface area contributed by atoms with Crippen LogP contribution in [-0.4, -0.2) is 67.3 Å². The Bertz CT molecular complexity index is 400. The lowest BCUT2D eigenvalue weighted by Crippen LogP contribution is -2.41. The minimum atomic E-state index is -0.263. The maximum Gasteiger partial charge on any atom is 0.409 e. The molecule has 0 radical (unpaired) electrons. The zero-order valence-corrected chi connectivity index (χ0v) is 13.9. The van der Waals surface area contributed by atoms with Gasteiger partial charge in [0.05, 0.1) is 18.6 Å². The Morgan fingerprint density at radius 3 is 2.50 bits per heavy atom. The highest BCUT2D eigenvalue weighted by atomic mass is 16.6. The molecule has 6 heteroatoms. The van der Waals surface area contributed by atoms with Crippen LogP contribution in [-0.2, 0) is 14.3 Å². The van der Waals surface area contributed by atoms with Crippen LogP contribution >= 0.6 is 0 Å². The van der Waals surface area contributed by atoms with Crippen molar-refractivity contribution >= 4 is 12.0 Å². The first-order valence-corrected chi connectivity index (χ1v) is 8.31. The van der Waals surface area contributed by atoms with Crippen LogP contribution in [0.3, 0.4) is 0 Å². The van der Waals surface area contributed by atoms with Gasteiger partial charge in [-0.2, -0.15) is 0 Å². The fourth-order valence-corrected chi connectivity index (χ4v) is 2.94. The average molecular weight is 312 g/mol. The van der Waals surface area contributed by atoms with Gasteiger partial charge in [0.1, 0.15) is 0 Å². The molecule has 0 aromatic carbocycles. The Balaban J connectivity index is 1.84. The van der Waals surface area contributed by atoms with Crippen molar-refractivity contribution in [1.29, 1.82) is 0 Å². The Kier molecular flexibility index (Phi) is 6.06. The fraction of sp³-hybridized carbons (Fsp3) is 0.875. The van der Waals surface area contributed by atoms with E-state index < -0.39 is 0 Å². The average Bonchev–Trinajstić information content (AvgIpc) is 2.76. The fourth-order valence-electron chi connectivity index (χ4n) is 2.94. The van der Waals surface area contributed by atoms with Crippen molar-refractivity contribution in [2.75, 3.05) is 39.4 Å². The smallest absolute Gasteiger partial charge is 0.409 e. The monoisotopic (exact) mass is 312 g/mol. The van der Waals surface area contributed by atoms with Crippen molar-refractivity contribution in [3.05, 3.63) is 0 Å². The molecule has 0 saturated carbocycles. The summed E-state index contributed by atoms with van der Waals surface area (Å²) in [6.07, 6.45) is 1.34. The molecule has 0 aromatic rings. The van der Waals surface area contributed by atoms with Crippen LogP contribution in [0, 0.1) is 11.8 Å². The molecule has 6 nitrogen and oxygen atoms in total. The summed E-state index contributed by atoms with van der Waals surface area (Å²) in [6, 6.07) is 0. The van der Waals surface area contributed by atoms with Gasteiger partial charge in [-0.1, -0.05) is 13.8 Å². The zero-order chi connectivity index (χ0) is 16.1. The Hall–Kier alpha value is -1.30. The third kappa shape index (κ3) is 4.35. The van der Waals surface area contributed by atoms with E-state index in [2.05, 4.69) is 0 Å². The second kappa shape index (κ2) is 7.81. The van der Waals surface area contributed by atoms with Gasteiger partial charge in [0, 0.05) is 32.8 Å². The van der Waals surface area contributed by atoms with Crippen molar-refractivity contribution in [2.45, 2.75) is 39.7 Å². The highest BCUT2D eigenvalue weighted by molar-refractivity contribution is 5.80. The number of carbonyl (C=O) groups excluding carboxylic acids is 2. The molecule has 0 aliphatic carbocycles. The van der Waals surface area contributed by atoms with E-state index >= 15 is 0 Å². The standard InChI is InChI=1S/C16H28N2O4/c1-12(2)11-22-16(20)18-7-4-6-17(8-9-18)15(19)14-5-10-21-13(14)3/h12-14H,4-11H2,1-3H3/t13-,14+/m1/s1. The van der Waals surface area contributed by atoms with Crippen LogP contribution < -0.4 is 0 Å². The molecule has 0 N–H and O–H groups in total. The largest absolute Gasteiger partial charge is 0.449 e. The van der Waals surface area contributed by atoms with E-state index in [0.29, 0.717) is 45.3 Å². The van der Waals surface area contributed by atoms with Gasteiger partial charge < -0.3 is 19.3 Å². The number of hydrogen-bond acceptors (Lipinski definition) is 4. The summed E-state index contributed by atoms with van der Waals surface area (Å²) in [4.78, 5) is 28.2. The topological polar surface area (TPSA) is 59.1 Å². The lowest BCUT2D eigenvalue weighted by molar-refractivity contribution is -0.136. The number of hydrogen-bond donors (Lipinski definition) is 0. The molecule has 2 amide bonds. The molecule has 2 aliphatic rings. The molecule has 126 valence electrons. The van der Waals surface area contributed by atoms with Gasteiger partial charge in [-0.3, -0.25) is 4.79 Å². The molecule has 2 atom stereocenters. The molecule has 0 aromatic heterocycles. The minimum Gasteiger partial charge on any atom is -0.449 e. The highest BCUT2D eigenvalue weighted by Gasteiger charge is 2.34. The number of amides is 2. The second-order valence-corrected chi connectivity index (χ2v) is 6.61. The van der Waals surface area contributed by atoms with E-state index in [1.54, 1.807) is 4.90 Å². The maximum absolute atomic E-state index is 12.6. The molecular formula is C16H28N2O4. The first-order chi connectivity index (χ1) is 10.5. The number of rotatable bonds is 3. The third-order valence-corrected chi connectivity index (χ3v) is 4.30. The summed E-state index contributed by atoms with van der Waals surface area (Å²) in [5.41, 5.74) is 0. The van der Waals surface area contributed by atoms with Crippen LogP contribution in [0.15, 0.2) is 0 Å². The number of nitrogens with zero attached hydrogens (tertiary/aromatic N) is 2. The van der Waals surface area contributed by atoms with E-state index in [9.17, 15) is 9.59 Å². The molecule has 0 unspecified atom stereocenters. The summed E-state index contributed by atoms with van der Waals surface area (Å²) in [6.45, 7) is 9.58. The van der Waals surface area contributed by atoms with Gasteiger partial charge >= 0.3 is 6.09 Å². The van der Waals surface area contributed by atoms with Gasteiger partial charge in [-0.15, -0.1) is 0 Å². The first kappa shape index (κ1) is 17.1. The van der Waals surface area contributed by atoms with Gasteiger partial charge in [-0.05, 0) is 25.7 Å². The summed E-state index contributed by atoms with van der Waals surface area (Å²) in [7, 11) is 0. The Morgan fingerprint density at radius 1 is 1.18 bits per heavy atom. The third-order valence-electron chi connectivity index (χ3n) is 4.30. The van der Waals surface area contributed by atoms with E-state index in [0.717, 1.165) is 12.8 Å². The molecule has 2 fully saturated rings. The molecular weight excluding hydrogens is 284 g/mol. The van der Waals surface area contributed by atoms with Crippen molar-refractivity contribution in [3.63, 3.8) is 0 Å². The Labute approximate surface area is 132 Å². The lowest BCUT2D eigenvalue weighted by Gasteiger charge is -2.25. The highest BCUT2D eigenvalue weighted by Crippen LogP contribution is 2.23. The van der Waals surface area contributed by atoms with Crippen molar-refractivity contribution in [3.8, 4) is 0 Å². The first-order valence-electron chi connectivity index (χ1n) is 8.31. The van der Waals surface area contributed by atoms with E-state index in [4.69, 9.17) is 9.47 Å². The molecule has 22 heavy (non-hydrogen) atoms. The molecule has 0 bridgehead atoms. The summed E-state index contributed by atoms with van der Waals surface area (Å²) in [5.74, 6) is 0.472. The summed E-state index contributed by atoms with van der Waals surface area (Å²) < 4.78 is 10.8. The van der Waals surface area contributed by atoms with Crippen molar-refractivity contribution < 1.29 is 19.1 Å². The van der Waals surface area contributed by atoms with Crippen molar-refractivity contribution in [1.82, 2.24) is 9.80 Å². The van der Waals surface area contributed by atoms with Gasteiger partial charge in [-0.25, -0.2) is 4.79 Å². The molecule has 0 spiro atoms. The van der Waals surface area contributed by atoms with E-state index in [1.807, 2.05) is 25.7 Å². The van der Waals surface area contributed by atoms with E-state index in [-0.39, 0.29) is 24.0 Å². The minimum absolute atomic E-state index is 0.00265. The normalized spacial score (nSPS) is 26.2. The van der Waals surface area contributed by atoms with Crippen LogP contribution in [0.1, 0.15) is 33.6 Å². The van der Waals surface area contributed by atoms with E-state index in [1.165, 1.54) is 0 Å². The second-order valence-electron chi connectivity index (χ2n) is 6.61. The molecule has 2 aliphatic heterocycles.